The summed E-state index contributed by atoms with van der Waals surface area (Å²) in [5.74, 6) is 0. The summed E-state index contributed by atoms with van der Waals surface area (Å²) in [4.78, 5) is 0. The van der Waals surface area contributed by atoms with Crippen molar-refractivity contribution in [2.45, 2.75) is 32.7 Å². The van der Waals surface area contributed by atoms with E-state index in [1.54, 1.807) is 0 Å². The van der Waals surface area contributed by atoms with Gasteiger partial charge in [-0.15, -0.1) is 0 Å². The first-order valence-electron chi connectivity index (χ1n) is 11.7. The number of aromatic nitrogens is 1. The highest BCUT2D eigenvalue weighted by Gasteiger charge is 2.16. The maximum atomic E-state index is 6.87. The summed E-state index contributed by atoms with van der Waals surface area (Å²) in [6, 6.07) is 21.3. The average molecular weight is 452 g/mol. The molecular formula is C30H28ClN2+. The molecule has 0 atom stereocenters. The number of nitrogens with zero attached hydrogens (tertiary/aromatic N) is 1. The molecule has 0 bridgehead atoms. The summed E-state index contributed by atoms with van der Waals surface area (Å²) < 4.78 is 2.35. The van der Waals surface area contributed by atoms with Gasteiger partial charge in [0.2, 0.25) is 11.2 Å². The van der Waals surface area contributed by atoms with E-state index in [0.29, 0.717) is 0 Å². The minimum absolute atomic E-state index is 0.887. The van der Waals surface area contributed by atoms with Crippen molar-refractivity contribution in [2.24, 2.45) is 0 Å². The summed E-state index contributed by atoms with van der Waals surface area (Å²) in [6.45, 7) is 3.12. The Balaban J connectivity index is 1.41. The number of allylic oxidation sites excluding steroid dienone is 7. The molecule has 1 aliphatic heterocycles. The van der Waals surface area contributed by atoms with E-state index in [-0.39, 0.29) is 0 Å². The quantitative estimate of drug-likeness (QED) is 0.400. The zero-order chi connectivity index (χ0) is 22.6. The Labute approximate surface area is 200 Å². The maximum absolute atomic E-state index is 6.87. The summed E-state index contributed by atoms with van der Waals surface area (Å²) in [6.07, 6.45) is 16.1. The number of hydrogen-bond acceptors (Lipinski definition) is 1. The Bertz CT molecular complexity index is 1350. The van der Waals surface area contributed by atoms with Crippen molar-refractivity contribution < 1.29 is 4.57 Å². The molecule has 2 nitrogen and oxygen atoms in total. The first kappa shape index (κ1) is 21.5. The zero-order valence-electron chi connectivity index (χ0n) is 18.9. The molecule has 0 saturated carbocycles. The van der Waals surface area contributed by atoms with Gasteiger partial charge in [-0.05, 0) is 73.2 Å². The fraction of sp³-hybridized carbons (Fsp3) is 0.167. The fourth-order valence-corrected chi connectivity index (χ4v) is 4.91. The van der Waals surface area contributed by atoms with Crippen LogP contribution in [0.25, 0.3) is 23.1 Å². The summed E-state index contributed by atoms with van der Waals surface area (Å²) in [5, 5.41) is 5.64. The first-order chi connectivity index (χ1) is 16.2. The van der Waals surface area contributed by atoms with E-state index in [4.69, 9.17) is 11.6 Å². The summed E-state index contributed by atoms with van der Waals surface area (Å²) in [5.41, 5.74) is 8.29. The van der Waals surface area contributed by atoms with E-state index in [0.717, 1.165) is 42.2 Å². The van der Waals surface area contributed by atoms with Gasteiger partial charge in [0.05, 0.1) is 0 Å². The summed E-state index contributed by atoms with van der Waals surface area (Å²) >= 11 is 6.87. The van der Waals surface area contributed by atoms with Crippen molar-refractivity contribution >= 4 is 40.3 Å². The Morgan fingerprint density at radius 3 is 2.67 bits per heavy atom. The van der Waals surface area contributed by atoms with Crippen molar-refractivity contribution in [1.29, 1.82) is 0 Å². The lowest BCUT2D eigenvalue weighted by molar-refractivity contribution is -0.669. The third-order valence-corrected chi connectivity index (χ3v) is 6.83. The number of aryl methyl sites for hydroxylation is 1. The Kier molecular flexibility index (Phi) is 6.28. The average Bonchev–Trinajstić information content (AvgIpc) is 2.87. The van der Waals surface area contributed by atoms with Crippen LogP contribution in [-0.4, -0.2) is 0 Å². The molecule has 2 heterocycles. The van der Waals surface area contributed by atoms with Crippen molar-refractivity contribution in [2.75, 3.05) is 5.32 Å². The van der Waals surface area contributed by atoms with Crippen LogP contribution in [0.5, 0.6) is 0 Å². The topological polar surface area (TPSA) is 15.9 Å². The molecule has 0 spiro atoms. The highest BCUT2D eigenvalue weighted by atomic mass is 35.5. The van der Waals surface area contributed by atoms with Crippen LogP contribution in [0.3, 0.4) is 0 Å². The Morgan fingerprint density at radius 1 is 0.909 bits per heavy atom. The van der Waals surface area contributed by atoms with E-state index >= 15 is 0 Å². The molecule has 0 unspecified atom stereocenters. The van der Waals surface area contributed by atoms with Gasteiger partial charge in [-0.1, -0.05) is 60.2 Å². The van der Waals surface area contributed by atoms with Crippen molar-refractivity contribution in [3.63, 3.8) is 0 Å². The van der Waals surface area contributed by atoms with Crippen LogP contribution in [0.2, 0.25) is 0 Å². The molecule has 2 aliphatic rings. The number of hydrogen-bond donors (Lipinski definition) is 1. The normalized spacial score (nSPS) is 18.4. The molecule has 164 valence electrons. The standard InChI is InChI=1S/C30H27ClN2/c1-2-33-27(20-16-23-9-4-6-13-29(23)33)21-17-25-11-7-10-24(30(25)31)15-19-26-18-14-22-8-3-5-12-28(22)32-26/h3-6,8-9,12-21H,2,7,10-11H2,1H3/p+1. The molecule has 0 amide bonds. The van der Waals surface area contributed by atoms with Crippen LogP contribution in [-0.2, 0) is 6.54 Å². The number of fused-ring (bicyclic) bond motifs is 2. The number of nitrogens with one attached hydrogen (secondary N) is 1. The van der Waals surface area contributed by atoms with Gasteiger partial charge in [0.25, 0.3) is 0 Å². The van der Waals surface area contributed by atoms with Gasteiger partial charge in [-0.2, -0.15) is 4.57 Å². The van der Waals surface area contributed by atoms with Crippen LogP contribution in [0.4, 0.5) is 5.69 Å². The second kappa shape index (κ2) is 9.64. The molecule has 0 saturated heterocycles. The monoisotopic (exact) mass is 451 g/mol. The third-order valence-electron chi connectivity index (χ3n) is 6.35. The minimum Gasteiger partial charge on any atom is -0.355 e. The molecule has 5 rings (SSSR count). The molecular weight excluding hydrogens is 424 g/mol. The molecule has 3 aromatic rings. The van der Waals surface area contributed by atoms with Gasteiger partial charge in [-0.25, -0.2) is 0 Å². The molecule has 0 fully saturated rings. The fourth-order valence-electron chi connectivity index (χ4n) is 4.59. The Hall–Kier alpha value is -3.36. The van der Waals surface area contributed by atoms with Gasteiger partial charge in [-0.3, -0.25) is 0 Å². The first-order valence-corrected chi connectivity index (χ1v) is 12.0. The number of anilines is 1. The van der Waals surface area contributed by atoms with Gasteiger partial charge in [0.1, 0.15) is 6.54 Å². The summed E-state index contributed by atoms with van der Waals surface area (Å²) in [7, 11) is 0. The predicted molar refractivity (Wildman–Crippen MR) is 141 cm³/mol. The van der Waals surface area contributed by atoms with Gasteiger partial charge >= 0.3 is 0 Å². The molecule has 1 N–H and O–H groups in total. The third kappa shape index (κ3) is 4.58. The predicted octanol–water partition coefficient (Wildman–Crippen LogP) is 7.79. The number of benzene rings is 2. The minimum atomic E-state index is 0.887. The van der Waals surface area contributed by atoms with Gasteiger partial charge in [0, 0.05) is 40.0 Å². The number of para-hydroxylation sites is 2. The highest BCUT2D eigenvalue weighted by Crippen LogP contribution is 2.34. The van der Waals surface area contributed by atoms with E-state index in [9.17, 15) is 0 Å². The van der Waals surface area contributed by atoms with E-state index in [1.165, 1.54) is 33.3 Å². The maximum Gasteiger partial charge on any atom is 0.212 e. The van der Waals surface area contributed by atoms with Crippen molar-refractivity contribution in [3.05, 3.63) is 118 Å². The van der Waals surface area contributed by atoms with E-state index in [2.05, 4.69) is 114 Å². The molecule has 3 heteroatoms. The Morgan fingerprint density at radius 2 is 1.76 bits per heavy atom. The van der Waals surface area contributed by atoms with Crippen LogP contribution in [0.1, 0.15) is 37.4 Å². The van der Waals surface area contributed by atoms with E-state index < -0.39 is 0 Å². The number of pyridine rings is 1. The van der Waals surface area contributed by atoms with E-state index in [1.807, 2.05) is 0 Å². The lowest BCUT2D eigenvalue weighted by atomic mass is 9.94. The molecule has 1 aliphatic carbocycles. The van der Waals surface area contributed by atoms with Crippen LogP contribution in [0.15, 0.2) is 107 Å². The SMILES string of the molecule is CC[n+]1c(/C=C/C2=C(Cl)C(=C/C=C3\C=Cc4ccccc4N3)/CCC2)ccc2ccccc21. The number of halogens is 1. The van der Waals surface area contributed by atoms with Crippen molar-refractivity contribution in [3.8, 4) is 0 Å². The molecule has 2 aromatic carbocycles. The largest absolute Gasteiger partial charge is 0.355 e. The van der Waals surface area contributed by atoms with Gasteiger partial charge in [0.15, 0.2) is 0 Å². The highest BCUT2D eigenvalue weighted by molar-refractivity contribution is 6.32. The lowest BCUT2D eigenvalue weighted by Gasteiger charge is -2.17. The molecule has 0 radical (unpaired) electrons. The lowest BCUT2D eigenvalue weighted by Crippen LogP contribution is -2.36. The number of rotatable bonds is 4. The second-order valence-electron chi connectivity index (χ2n) is 8.45. The zero-order valence-corrected chi connectivity index (χ0v) is 19.6. The smallest absolute Gasteiger partial charge is 0.212 e. The van der Waals surface area contributed by atoms with Crippen LogP contribution in [0, 0.1) is 0 Å². The van der Waals surface area contributed by atoms with Crippen molar-refractivity contribution in [1.82, 2.24) is 0 Å². The van der Waals surface area contributed by atoms with Crippen LogP contribution < -0.4 is 9.88 Å². The second-order valence-corrected chi connectivity index (χ2v) is 8.82. The van der Waals surface area contributed by atoms with Crippen LogP contribution >= 0.6 is 11.6 Å². The molecule has 33 heavy (non-hydrogen) atoms. The molecule has 1 aromatic heterocycles. The van der Waals surface area contributed by atoms with Gasteiger partial charge < -0.3 is 5.32 Å².